The van der Waals surface area contributed by atoms with E-state index >= 15 is 0 Å². The number of aromatic hydroxyl groups is 1. The van der Waals surface area contributed by atoms with E-state index in [1.807, 2.05) is 20.8 Å². The van der Waals surface area contributed by atoms with Crippen LogP contribution in [-0.2, 0) is 15.5 Å². The first kappa shape index (κ1) is 12.0. The summed E-state index contributed by atoms with van der Waals surface area (Å²) in [5.41, 5.74) is 0.0320. The lowest BCUT2D eigenvalue weighted by molar-refractivity contribution is 0.443. The summed E-state index contributed by atoms with van der Waals surface area (Å²) in [7, 11) is -4.46. The molecule has 15 heavy (non-hydrogen) atoms. The smallest absolute Gasteiger partial charge is 0.124 e. The molecule has 0 unspecified atom stereocenters. The molecule has 0 spiro atoms. The first-order valence-electron chi connectivity index (χ1n) is 4.42. The fourth-order valence-corrected chi connectivity index (χ4v) is 1.77. The summed E-state index contributed by atoms with van der Waals surface area (Å²) < 4.78 is 32.4. The van der Waals surface area contributed by atoms with E-state index in [1.165, 1.54) is 12.1 Å². The Labute approximate surface area is 89.3 Å². The molecule has 0 bridgehead atoms. The standard InChI is InChI=1S/C10H14O4S/c1-10(2,3)8-6-7(15(12,13)14)4-5-9(8)11/h4-6,11H,1-3H3,(H,12,13,14)/p-1. The number of benzene rings is 1. The Morgan fingerprint density at radius 2 is 1.80 bits per heavy atom. The minimum atomic E-state index is -4.46. The van der Waals surface area contributed by atoms with Gasteiger partial charge in [0.05, 0.1) is 4.90 Å². The number of hydrogen-bond donors (Lipinski definition) is 1. The van der Waals surface area contributed by atoms with Gasteiger partial charge in [0, 0.05) is 5.56 Å². The van der Waals surface area contributed by atoms with Gasteiger partial charge < -0.3 is 9.66 Å². The third-order valence-electron chi connectivity index (χ3n) is 2.06. The number of hydrogen-bond acceptors (Lipinski definition) is 4. The molecule has 1 N–H and O–H groups in total. The fraction of sp³-hybridized carbons (Fsp3) is 0.400. The Balaban J connectivity index is 3.43. The quantitative estimate of drug-likeness (QED) is 0.742. The summed E-state index contributed by atoms with van der Waals surface area (Å²) in [6.45, 7) is 5.47. The molecule has 0 amide bonds. The second-order valence-corrected chi connectivity index (χ2v) is 5.76. The van der Waals surface area contributed by atoms with E-state index in [-0.39, 0.29) is 10.6 Å². The van der Waals surface area contributed by atoms with Crippen LogP contribution in [0.15, 0.2) is 23.1 Å². The summed E-state index contributed by atoms with van der Waals surface area (Å²) >= 11 is 0. The predicted octanol–water partition coefficient (Wildman–Crippen LogP) is 1.59. The van der Waals surface area contributed by atoms with Gasteiger partial charge in [-0.05, 0) is 23.6 Å². The Kier molecular flexibility index (Phi) is 2.80. The lowest BCUT2D eigenvalue weighted by Crippen LogP contribution is -2.12. The van der Waals surface area contributed by atoms with Crippen molar-refractivity contribution < 1.29 is 18.1 Å². The lowest BCUT2D eigenvalue weighted by Gasteiger charge is -2.21. The second kappa shape index (κ2) is 3.50. The zero-order valence-electron chi connectivity index (χ0n) is 8.81. The van der Waals surface area contributed by atoms with Crippen LogP contribution in [0.4, 0.5) is 0 Å². The highest BCUT2D eigenvalue weighted by Crippen LogP contribution is 2.32. The molecule has 0 aliphatic rings. The Morgan fingerprint density at radius 3 is 2.20 bits per heavy atom. The van der Waals surface area contributed by atoms with Crippen molar-refractivity contribution in [3.63, 3.8) is 0 Å². The van der Waals surface area contributed by atoms with E-state index < -0.39 is 15.5 Å². The van der Waals surface area contributed by atoms with Gasteiger partial charge in [0.1, 0.15) is 15.9 Å². The average molecular weight is 229 g/mol. The molecular weight excluding hydrogens is 216 g/mol. The van der Waals surface area contributed by atoms with Crippen molar-refractivity contribution in [2.24, 2.45) is 0 Å². The molecule has 1 aromatic carbocycles. The van der Waals surface area contributed by atoms with E-state index in [0.29, 0.717) is 5.56 Å². The molecule has 0 saturated carbocycles. The fourth-order valence-electron chi connectivity index (χ4n) is 1.27. The molecule has 1 aromatic rings. The molecule has 0 fully saturated rings. The highest BCUT2D eigenvalue weighted by atomic mass is 32.2. The number of phenols is 1. The van der Waals surface area contributed by atoms with Crippen LogP contribution in [0.2, 0.25) is 0 Å². The molecule has 0 saturated heterocycles. The molecule has 0 aliphatic heterocycles. The van der Waals surface area contributed by atoms with Gasteiger partial charge in [0.2, 0.25) is 0 Å². The third kappa shape index (κ3) is 2.70. The summed E-state index contributed by atoms with van der Waals surface area (Å²) in [6.07, 6.45) is 0. The Hall–Kier alpha value is -1.07. The zero-order chi connectivity index (χ0) is 11.9. The maximum Gasteiger partial charge on any atom is 0.124 e. The molecule has 0 aromatic heterocycles. The van der Waals surface area contributed by atoms with Crippen molar-refractivity contribution in [1.82, 2.24) is 0 Å². The lowest BCUT2D eigenvalue weighted by atomic mass is 9.86. The van der Waals surface area contributed by atoms with Crippen molar-refractivity contribution in [3.05, 3.63) is 23.8 Å². The van der Waals surface area contributed by atoms with E-state index in [4.69, 9.17) is 0 Å². The maximum atomic E-state index is 10.8. The van der Waals surface area contributed by atoms with E-state index in [2.05, 4.69) is 0 Å². The Bertz CT molecular complexity index is 469. The SMILES string of the molecule is CC(C)(C)c1cc(S(=O)(=O)[O-])ccc1O. The van der Waals surface area contributed by atoms with Crippen molar-refractivity contribution in [1.29, 1.82) is 0 Å². The molecule has 1 rings (SSSR count). The summed E-state index contributed by atoms with van der Waals surface area (Å²) in [5.74, 6) is -0.00472. The van der Waals surface area contributed by atoms with Crippen LogP contribution < -0.4 is 0 Å². The van der Waals surface area contributed by atoms with Gasteiger partial charge in [0.25, 0.3) is 0 Å². The van der Waals surface area contributed by atoms with Crippen molar-refractivity contribution >= 4 is 10.1 Å². The highest BCUT2D eigenvalue weighted by Gasteiger charge is 2.19. The normalized spacial score (nSPS) is 12.8. The molecular formula is C10H13O4S-. The van der Waals surface area contributed by atoms with Gasteiger partial charge in [-0.25, -0.2) is 8.42 Å². The predicted molar refractivity (Wildman–Crippen MR) is 54.8 cm³/mol. The van der Waals surface area contributed by atoms with Gasteiger partial charge >= 0.3 is 0 Å². The topological polar surface area (TPSA) is 77.4 Å². The minimum Gasteiger partial charge on any atom is -0.744 e. The third-order valence-corrected chi connectivity index (χ3v) is 2.90. The van der Waals surface area contributed by atoms with Crippen LogP contribution in [0.3, 0.4) is 0 Å². The van der Waals surface area contributed by atoms with Crippen LogP contribution in [-0.4, -0.2) is 18.1 Å². The first-order valence-corrected chi connectivity index (χ1v) is 5.82. The molecule has 84 valence electrons. The maximum absolute atomic E-state index is 10.8. The molecule has 4 nitrogen and oxygen atoms in total. The first-order chi connectivity index (χ1) is 6.62. The van der Waals surface area contributed by atoms with Gasteiger partial charge in [0.15, 0.2) is 0 Å². The van der Waals surface area contributed by atoms with Crippen LogP contribution >= 0.6 is 0 Å². The van der Waals surface area contributed by atoms with Crippen LogP contribution in [0.5, 0.6) is 5.75 Å². The van der Waals surface area contributed by atoms with Crippen molar-refractivity contribution in [2.75, 3.05) is 0 Å². The minimum absolute atomic E-state index is 0.00472. The molecule has 0 aliphatic carbocycles. The van der Waals surface area contributed by atoms with Gasteiger partial charge in [-0.15, -0.1) is 0 Å². The number of phenolic OH excluding ortho intramolecular Hbond substituents is 1. The molecule has 5 heteroatoms. The van der Waals surface area contributed by atoms with Crippen LogP contribution in [0.1, 0.15) is 26.3 Å². The van der Waals surface area contributed by atoms with E-state index in [1.54, 1.807) is 0 Å². The monoisotopic (exact) mass is 229 g/mol. The highest BCUT2D eigenvalue weighted by molar-refractivity contribution is 7.85. The molecule has 0 atom stereocenters. The molecule has 0 heterocycles. The summed E-state index contributed by atoms with van der Waals surface area (Å²) in [6, 6.07) is 3.55. The summed E-state index contributed by atoms with van der Waals surface area (Å²) in [4.78, 5) is -0.315. The van der Waals surface area contributed by atoms with Crippen molar-refractivity contribution in [3.8, 4) is 5.75 Å². The van der Waals surface area contributed by atoms with Gasteiger partial charge in [-0.1, -0.05) is 20.8 Å². The number of rotatable bonds is 1. The van der Waals surface area contributed by atoms with Gasteiger partial charge in [-0.2, -0.15) is 0 Å². The molecule has 0 radical (unpaired) electrons. The summed E-state index contributed by atoms with van der Waals surface area (Å²) in [5, 5.41) is 9.54. The van der Waals surface area contributed by atoms with Crippen LogP contribution in [0, 0.1) is 0 Å². The van der Waals surface area contributed by atoms with Crippen LogP contribution in [0.25, 0.3) is 0 Å². The second-order valence-electron chi connectivity index (χ2n) is 4.38. The Morgan fingerprint density at radius 1 is 1.27 bits per heavy atom. The van der Waals surface area contributed by atoms with E-state index in [0.717, 1.165) is 6.07 Å². The van der Waals surface area contributed by atoms with E-state index in [9.17, 15) is 18.1 Å². The zero-order valence-corrected chi connectivity index (χ0v) is 9.63. The van der Waals surface area contributed by atoms with Gasteiger partial charge in [-0.3, -0.25) is 0 Å². The largest absolute Gasteiger partial charge is 0.744 e. The average Bonchev–Trinajstić information content (AvgIpc) is 2.00. The van der Waals surface area contributed by atoms with Crippen molar-refractivity contribution in [2.45, 2.75) is 31.1 Å².